The first-order chi connectivity index (χ1) is 18.2. The van der Waals surface area contributed by atoms with Gasteiger partial charge in [-0.15, -0.1) is 0 Å². The van der Waals surface area contributed by atoms with E-state index in [2.05, 4.69) is 26.5 Å². The first-order valence-corrected chi connectivity index (χ1v) is 13.7. The first kappa shape index (κ1) is 29.5. The summed E-state index contributed by atoms with van der Waals surface area (Å²) in [5, 5.41) is 23.2. The fraction of sp³-hybridized carbons (Fsp3) is 0.613. The number of epoxide rings is 1. The number of carbonyl (C=O) groups excluding carboxylic acids is 2. The zero-order valence-electron chi connectivity index (χ0n) is 23.8. The molecule has 2 N–H and O–H groups in total. The highest BCUT2D eigenvalue weighted by molar-refractivity contribution is 5.82. The Morgan fingerprint density at radius 1 is 1.10 bits per heavy atom. The van der Waals surface area contributed by atoms with E-state index in [0.29, 0.717) is 12.3 Å². The van der Waals surface area contributed by atoms with E-state index in [1.807, 2.05) is 32.1 Å². The average molecular weight is 543 g/mol. The molecule has 2 aliphatic heterocycles. The smallest absolute Gasteiger partial charge is 0.331 e. The Bertz CT molecular complexity index is 1130. The van der Waals surface area contributed by atoms with Gasteiger partial charge in [-0.3, -0.25) is 4.79 Å². The third-order valence-electron chi connectivity index (χ3n) is 9.20. The lowest BCUT2D eigenvalue weighted by molar-refractivity contribution is -0.265. The summed E-state index contributed by atoms with van der Waals surface area (Å²) in [6, 6.07) is 0. The van der Waals surface area contributed by atoms with Crippen molar-refractivity contribution in [2.75, 3.05) is 6.61 Å². The molecular formula is C31H42O8. The molecule has 1 spiro atoms. The van der Waals surface area contributed by atoms with Gasteiger partial charge in [0, 0.05) is 30.8 Å². The molecule has 2 saturated heterocycles. The molecule has 0 aromatic heterocycles. The van der Waals surface area contributed by atoms with Gasteiger partial charge >= 0.3 is 11.9 Å². The molecule has 2 saturated carbocycles. The van der Waals surface area contributed by atoms with E-state index in [0.717, 1.165) is 17.6 Å². The van der Waals surface area contributed by atoms with Crippen molar-refractivity contribution in [1.82, 2.24) is 0 Å². The van der Waals surface area contributed by atoms with Gasteiger partial charge in [-0.1, -0.05) is 75.8 Å². The molecule has 2 aliphatic carbocycles. The highest BCUT2D eigenvalue weighted by atomic mass is 16.7. The number of rotatable bonds is 8. The van der Waals surface area contributed by atoms with E-state index in [4.69, 9.17) is 18.9 Å². The number of hydrogen-bond donors (Lipinski definition) is 2. The predicted octanol–water partition coefficient (Wildman–Crippen LogP) is 4.08. The van der Waals surface area contributed by atoms with Gasteiger partial charge in [0.1, 0.15) is 17.8 Å². The molecule has 39 heavy (non-hydrogen) atoms. The molecule has 0 aromatic rings. The quantitative estimate of drug-likeness (QED) is 0.155. The minimum atomic E-state index is -1.66. The minimum Gasteiger partial charge on any atom is -0.458 e. The summed E-state index contributed by atoms with van der Waals surface area (Å²) in [5.41, 5.74) is -1.74. The average Bonchev–Trinajstić information content (AvgIpc) is 3.56. The second-order valence-corrected chi connectivity index (χ2v) is 12.0. The fourth-order valence-electron chi connectivity index (χ4n) is 6.70. The van der Waals surface area contributed by atoms with Crippen LogP contribution in [0.3, 0.4) is 0 Å². The Balaban J connectivity index is 1.55. The van der Waals surface area contributed by atoms with Crippen LogP contribution in [0.15, 0.2) is 60.3 Å². The standard InChI is InChI=1S/C31H42O8/c1-8-19(2)15-20(3)13-11-9-10-12-14-25(33)38-26-24(37-22(5)32)17-29(7,34)28(6)16-23-21(4)18-36-31(23,35)27-30(26,28)39-27/h9-15,19,23-24,26-27,34-35H,4,8,16-18H2,1-3,5-7H3/b10-9+,13-11+,14-12+,20-15+/t19-,23+,24+,26-,27+,28-,29+,30-,31-/m1/s1. The van der Waals surface area contributed by atoms with Crippen molar-refractivity contribution < 1.29 is 38.7 Å². The van der Waals surface area contributed by atoms with Crippen molar-refractivity contribution in [3.63, 3.8) is 0 Å². The van der Waals surface area contributed by atoms with Crippen molar-refractivity contribution in [3.05, 3.63) is 60.3 Å². The van der Waals surface area contributed by atoms with Crippen LogP contribution in [0.25, 0.3) is 0 Å². The van der Waals surface area contributed by atoms with Crippen LogP contribution in [0.2, 0.25) is 0 Å². The van der Waals surface area contributed by atoms with Crippen LogP contribution in [0.5, 0.6) is 0 Å². The minimum absolute atomic E-state index is 0.0370. The van der Waals surface area contributed by atoms with Gasteiger partial charge < -0.3 is 29.2 Å². The van der Waals surface area contributed by atoms with Crippen LogP contribution >= 0.6 is 0 Å². The molecule has 214 valence electrons. The predicted molar refractivity (Wildman–Crippen MR) is 145 cm³/mol. The molecular weight excluding hydrogens is 500 g/mol. The Labute approximate surface area is 231 Å². The normalized spacial score (nSPS) is 42.4. The summed E-state index contributed by atoms with van der Waals surface area (Å²) < 4.78 is 23.4. The third kappa shape index (κ3) is 4.97. The second kappa shape index (κ2) is 10.5. The lowest BCUT2D eigenvalue weighted by Crippen LogP contribution is -2.73. The van der Waals surface area contributed by atoms with E-state index in [9.17, 15) is 19.8 Å². The highest BCUT2D eigenvalue weighted by Crippen LogP contribution is 2.73. The van der Waals surface area contributed by atoms with Crippen molar-refractivity contribution >= 4 is 11.9 Å². The SMILES string of the molecule is C=C1CO[C@@]2(O)[C@H]3O[C@]34[C@H](OC(=O)/C=C/C=C/C=C/C(C)=C/[C@H](C)CC)[C@@H](OC(C)=O)C[C@](C)(O)[C@@]4(C)C[C@@H]12. The summed E-state index contributed by atoms with van der Waals surface area (Å²) in [7, 11) is 0. The van der Waals surface area contributed by atoms with Crippen molar-refractivity contribution in [2.24, 2.45) is 17.3 Å². The topological polar surface area (TPSA) is 115 Å². The molecule has 4 rings (SSSR count). The molecule has 0 unspecified atom stereocenters. The van der Waals surface area contributed by atoms with Crippen LogP contribution in [-0.4, -0.2) is 64.1 Å². The summed E-state index contributed by atoms with van der Waals surface area (Å²) >= 11 is 0. The van der Waals surface area contributed by atoms with Crippen LogP contribution in [0.1, 0.15) is 60.8 Å². The van der Waals surface area contributed by atoms with Crippen molar-refractivity contribution in [1.29, 1.82) is 0 Å². The lowest BCUT2D eigenvalue weighted by Gasteiger charge is -2.58. The number of carbonyl (C=O) groups is 2. The van der Waals surface area contributed by atoms with Gasteiger partial charge in [-0.25, -0.2) is 4.79 Å². The van der Waals surface area contributed by atoms with E-state index in [1.54, 1.807) is 19.1 Å². The maximum absolute atomic E-state index is 13.0. The zero-order valence-corrected chi connectivity index (χ0v) is 23.8. The Kier molecular flexibility index (Phi) is 7.91. The number of esters is 2. The lowest BCUT2D eigenvalue weighted by atomic mass is 9.48. The van der Waals surface area contributed by atoms with E-state index >= 15 is 0 Å². The molecule has 2 heterocycles. The van der Waals surface area contributed by atoms with Gasteiger partial charge in [0.25, 0.3) is 0 Å². The summed E-state index contributed by atoms with van der Waals surface area (Å²) in [5.74, 6) is -2.83. The fourth-order valence-corrected chi connectivity index (χ4v) is 6.70. The van der Waals surface area contributed by atoms with Gasteiger partial charge in [-0.2, -0.15) is 0 Å². The Morgan fingerprint density at radius 3 is 2.41 bits per heavy atom. The van der Waals surface area contributed by atoms with Crippen LogP contribution in [0.4, 0.5) is 0 Å². The highest BCUT2D eigenvalue weighted by Gasteiger charge is 2.89. The van der Waals surface area contributed by atoms with Crippen molar-refractivity contribution in [3.8, 4) is 0 Å². The van der Waals surface area contributed by atoms with Crippen LogP contribution < -0.4 is 0 Å². The molecule has 0 aromatic carbocycles. The molecule has 0 bridgehead atoms. The summed E-state index contributed by atoms with van der Waals surface area (Å²) in [4.78, 5) is 25.0. The Hall–Kier alpha value is -2.52. The van der Waals surface area contributed by atoms with Gasteiger partial charge in [0.05, 0.1) is 12.2 Å². The molecule has 0 radical (unpaired) electrons. The summed E-state index contributed by atoms with van der Waals surface area (Å²) in [6.45, 7) is 15.4. The van der Waals surface area contributed by atoms with Crippen LogP contribution in [0, 0.1) is 17.3 Å². The number of hydrogen-bond acceptors (Lipinski definition) is 8. The molecule has 4 aliphatic rings. The maximum Gasteiger partial charge on any atom is 0.331 e. The molecule has 8 heteroatoms. The number of ether oxygens (including phenoxy) is 4. The zero-order chi connectivity index (χ0) is 28.8. The molecule has 4 fully saturated rings. The number of fused-ring (bicyclic) bond motifs is 2. The monoisotopic (exact) mass is 542 g/mol. The molecule has 0 amide bonds. The summed E-state index contributed by atoms with van der Waals surface area (Å²) in [6.07, 6.45) is 11.0. The van der Waals surface area contributed by atoms with E-state index in [1.165, 1.54) is 13.0 Å². The maximum atomic E-state index is 13.0. The van der Waals surface area contributed by atoms with E-state index in [-0.39, 0.29) is 13.0 Å². The first-order valence-electron chi connectivity index (χ1n) is 13.7. The third-order valence-corrected chi connectivity index (χ3v) is 9.20. The van der Waals surface area contributed by atoms with Crippen LogP contribution in [-0.2, 0) is 28.5 Å². The second-order valence-electron chi connectivity index (χ2n) is 12.0. The largest absolute Gasteiger partial charge is 0.458 e. The van der Waals surface area contributed by atoms with Gasteiger partial charge in [-0.05, 0) is 31.8 Å². The van der Waals surface area contributed by atoms with Gasteiger partial charge in [0.15, 0.2) is 6.10 Å². The number of aliphatic hydroxyl groups is 2. The Morgan fingerprint density at radius 2 is 1.77 bits per heavy atom. The number of allylic oxidation sites excluding steroid dienone is 7. The van der Waals surface area contributed by atoms with Crippen molar-refractivity contribution in [2.45, 2.75) is 96.1 Å². The molecule has 8 nitrogen and oxygen atoms in total. The van der Waals surface area contributed by atoms with E-state index < -0.39 is 58.6 Å². The van der Waals surface area contributed by atoms with Gasteiger partial charge in [0.2, 0.25) is 5.79 Å². The molecule has 9 atom stereocenters.